The number of fused-ring (bicyclic) bond motifs is 1. The number of nitrogens with one attached hydrogen (secondary N) is 1. The Morgan fingerprint density at radius 1 is 1.04 bits per heavy atom. The molecule has 2 aromatic rings. The Morgan fingerprint density at radius 2 is 1.75 bits per heavy atom. The monoisotopic (exact) mass is 417 g/mol. The van der Waals surface area contributed by atoms with Crippen molar-refractivity contribution in [1.29, 1.82) is 0 Å². The van der Waals surface area contributed by atoms with Crippen molar-refractivity contribution in [1.82, 2.24) is 5.32 Å². The molecular weight excluding hydrogens is 393 g/mol. The van der Waals surface area contributed by atoms with E-state index in [9.17, 15) is 4.79 Å². The molecule has 0 radical (unpaired) electrons. The Bertz CT molecular complexity index is 841. The largest absolute Gasteiger partial charge is 0.487 e. The summed E-state index contributed by atoms with van der Waals surface area (Å²) in [5, 5.41) is 4.47. The van der Waals surface area contributed by atoms with E-state index in [1.165, 1.54) is 19.3 Å². The van der Waals surface area contributed by atoms with Gasteiger partial charge in [0, 0.05) is 28.5 Å². The number of benzene rings is 2. The third kappa shape index (κ3) is 4.16. The quantitative estimate of drug-likeness (QED) is 0.636. The van der Waals surface area contributed by atoms with Crippen LogP contribution in [-0.4, -0.2) is 11.5 Å². The van der Waals surface area contributed by atoms with Crippen molar-refractivity contribution in [3.8, 4) is 5.75 Å². The number of hydrogen-bond acceptors (Lipinski definition) is 2. The maximum absolute atomic E-state index is 12.8. The second kappa shape index (κ2) is 8.34. The minimum Gasteiger partial charge on any atom is -0.487 e. The summed E-state index contributed by atoms with van der Waals surface area (Å²) in [7, 11) is 0. The maximum atomic E-state index is 12.8. The zero-order valence-corrected chi connectivity index (χ0v) is 17.4. The first-order valence-electron chi connectivity index (χ1n) is 10.1. The third-order valence-electron chi connectivity index (χ3n) is 5.96. The Labute approximate surface area is 176 Å². The van der Waals surface area contributed by atoms with Gasteiger partial charge in [0.05, 0.1) is 6.04 Å². The van der Waals surface area contributed by atoms with Gasteiger partial charge in [0.25, 0.3) is 0 Å². The van der Waals surface area contributed by atoms with Gasteiger partial charge in [0.2, 0.25) is 5.91 Å². The lowest BCUT2D eigenvalue weighted by Gasteiger charge is -2.44. The number of para-hydroxylation sites is 1. The molecule has 1 aliphatic heterocycles. The standard InChI is InChI=1S/C23H25Cl2NO2/c24-18-8-6-9-19(25)16(18)11-12-22(27)26-20-15-23(13-4-1-5-14-23)28-21-10-3-2-7-17(20)21/h2-3,6-10,20H,1,4-5,11-15H2,(H,26,27). The van der Waals surface area contributed by atoms with Gasteiger partial charge in [0.1, 0.15) is 11.4 Å². The molecule has 5 heteroatoms. The molecule has 1 heterocycles. The normalized spacial score (nSPS) is 20.3. The van der Waals surface area contributed by atoms with Crippen molar-refractivity contribution in [3.63, 3.8) is 0 Å². The molecule has 4 rings (SSSR count). The van der Waals surface area contributed by atoms with Crippen LogP contribution in [0.4, 0.5) is 0 Å². The fourth-order valence-electron chi connectivity index (χ4n) is 4.53. The molecule has 1 fully saturated rings. The number of hydrogen-bond donors (Lipinski definition) is 1. The summed E-state index contributed by atoms with van der Waals surface area (Å²) >= 11 is 12.5. The average molecular weight is 418 g/mol. The van der Waals surface area contributed by atoms with Crippen LogP contribution in [0.1, 0.15) is 62.1 Å². The van der Waals surface area contributed by atoms with E-state index in [0.29, 0.717) is 22.9 Å². The van der Waals surface area contributed by atoms with Crippen LogP contribution in [0.2, 0.25) is 10.0 Å². The fraction of sp³-hybridized carbons (Fsp3) is 0.435. The molecular formula is C23H25Cl2NO2. The number of rotatable bonds is 4. The summed E-state index contributed by atoms with van der Waals surface area (Å²) < 4.78 is 6.45. The van der Waals surface area contributed by atoms with Gasteiger partial charge >= 0.3 is 0 Å². The zero-order chi connectivity index (χ0) is 19.6. The number of carbonyl (C=O) groups excluding carboxylic acids is 1. The van der Waals surface area contributed by atoms with Crippen LogP contribution in [0.5, 0.6) is 5.75 Å². The molecule has 148 valence electrons. The van der Waals surface area contributed by atoms with E-state index in [-0.39, 0.29) is 17.6 Å². The summed E-state index contributed by atoms with van der Waals surface area (Å²) in [5.41, 5.74) is 1.76. The lowest BCUT2D eigenvalue weighted by atomic mass is 9.77. The van der Waals surface area contributed by atoms with Crippen LogP contribution in [0, 0.1) is 0 Å². The summed E-state index contributed by atoms with van der Waals surface area (Å²) in [6.45, 7) is 0. The van der Waals surface area contributed by atoms with Crippen molar-refractivity contribution in [2.45, 2.75) is 63.0 Å². The van der Waals surface area contributed by atoms with Gasteiger partial charge in [-0.15, -0.1) is 0 Å². The molecule has 0 saturated heterocycles. The highest BCUT2D eigenvalue weighted by Gasteiger charge is 2.42. The van der Waals surface area contributed by atoms with E-state index in [0.717, 1.165) is 36.1 Å². The van der Waals surface area contributed by atoms with Crippen LogP contribution in [0.25, 0.3) is 0 Å². The fourth-order valence-corrected chi connectivity index (χ4v) is 5.11. The van der Waals surface area contributed by atoms with Crippen LogP contribution in [-0.2, 0) is 11.2 Å². The second-order valence-corrected chi connectivity index (χ2v) is 8.72. The van der Waals surface area contributed by atoms with Crippen molar-refractivity contribution in [2.24, 2.45) is 0 Å². The molecule has 2 aliphatic rings. The molecule has 0 bridgehead atoms. The third-order valence-corrected chi connectivity index (χ3v) is 6.67. The molecule has 1 spiro atoms. The van der Waals surface area contributed by atoms with Gasteiger partial charge in [-0.2, -0.15) is 0 Å². The van der Waals surface area contributed by atoms with E-state index < -0.39 is 0 Å². The first-order valence-corrected chi connectivity index (χ1v) is 10.8. The average Bonchev–Trinajstić information content (AvgIpc) is 2.68. The Hall–Kier alpha value is -1.71. The minimum atomic E-state index is -0.142. The molecule has 28 heavy (non-hydrogen) atoms. The molecule has 1 saturated carbocycles. The van der Waals surface area contributed by atoms with E-state index in [1.54, 1.807) is 0 Å². The Morgan fingerprint density at radius 3 is 2.50 bits per heavy atom. The minimum absolute atomic E-state index is 0.0164. The molecule has 0 aromatic heterocycles. The van der Waals surface area contributed by atoms with Crippen LogP contribution >= 0.6 is 23.2 Å². The van der Waals surface area contributed by atoms with Gasteiger partial charge < -0.3 is 10.1 Å². The van der Waals surface area contributed by atoms with E-state index in [4.69, 9.17) is 27.9 Å². The predicted octanol–water partition coefficient (Wildman–Crippen LogP) is 6.27. The van der Waals surface area contributed by atoms with Gasteiger partial charge in [-0.05, 0) is 55.9 Å². The SMILES string of the molecule is O=C(CCc1c(Cl)cccc1Cl)NC1CC2(CCCCC2)Oc2ccccc21. The molecule has 1 unspecified atom stereocenters. The maximum Gasteiger partial charge on any atom is 0.220 e. The van der Waals surface area contributed by atoms with Crippen molar-refractivity contribution in [2.75, 3.05) is 0 Å². The summed E-state index contributed by atoms with van der Waals surface area (Å²) in [4.78, 5) is 12.8. The van der Waals surface area contributed by atoms with Gasteiger partial charge in [-0.25, -0.2) is 0 Å². The van der Waals surface area contributed by atoms with Crippen LogP contribution in [0.3, 0.4) is 0 Å². The van der Waals surface area contributed by atoms with E-state index in [2.05, 4.69) is 11.4 Å². The topological polar surface area (TPSA) is 38.3 Å². The van der Waals surface area contributed by atoms with Gasteiger partial charge in [-0.3, -0.25) is 4.79 Å². The number of amides is 1. The highest BCUT2D eigenvalue weighted by atomic mass is 35.5. The smallest absolute Gasteiger partial charge is 0.220 e. The highest BCUT2D eigenvalue weighted by Crippen LogP contribution is 2.46. The first kappa shape index (κ1) is 19.6. The lowest BCUT2D eigenvalue weighted by molar-refractivity contribution is -0.122. The lowest BCUT2D eigenvalue weighted by Crippen LogP contribution is -2.46. The number of halogens is 2. The van der Waals surface area contributed by atoms with Crippen molar-refractivity contribution >= 4 is 29.1 Å². The second-order valence-electron chi connectivity index (χ2n) is 7.91. The molecule has 1 aliphatic carbocycles. The molecule has 1 N–H and O–H groups in total. The zero-order valence-electron chi connectivity index (χ0n) is 15.8. The molecule has 1 amide bonds. The van der Waals surface area contributed by atoms with Crippen molar-refractivity contribution < 1.29 is 9.53 Å². The van der Waals surface area contributed by atoms with Crippen LogP contribution in [0.15, 0.2) is 42.5 Å². The van der Waals surface area contributed by atoms with Crippen LogP contribution < -0.4 is 10.1 Å². The summed E-state index contributed by atoms with van der Waals surface area (Å²) in [6, 6.07) is 13.5. The summed E-state index contributed by atoms with van der Waals surface area (Å²) in [5.74, 6) is 0.929. The van der Waals surface area contributed by atoms with Gasteiger partial charge in [0.15, 0.2) is 0 Å². The van der Waals surface area contributed by atoms with Crippen molar-refractivity contribution in [3.05, 3.63) is 63.6 Å². The highest BCUT2D eigenvalue weighted by molar-refractivity contribution is 6.36. The Kier molecular flexibility index (Phi) is 5.84. The molecule has 2 aromatic carbocycles. The molecule has 3 nitrogen and oxygen atoms in total. The van der Waals surface area contributed by atoms with E-state index >= 15 is 0 Å². The van der Waals surface area contributed by atoms with Gasteiger partial charge in [-0.1, -0.05) is 53.9 Å². The predicted molar refractivity (Wildman–Crippen MR) is 113 cm³/mol. The summed E-state index contributed by atoms with van der Waals surface area (Å²) in [6.07, 6.45) is 7.48. The Balaban J connectivity index is 1.47. The number of carbonyl (C=O) groups is 1. The first-order chi connectivity index (χ1) is 13.6. The molecule has 1 atom stereocenters. The van der Waals surface area contributed by atoms with E-state index in [1.807, 2.05) is 36.4 Å². The number of ether oxygens (including phenoxy) is 1.